The molecule has 1 aliphatic heterocycles. The van der Waals surface area contributed by atoms with E-state index in [9.17, 15) is 14.0 Å². The third-order valence-electron chi connectivity index (χ3n) is 4.49. The second kappa shape index (κ2) is 7.55. The molecule has 0 radical (unpaired) electrons. The van der Waals surface area contributed by atoms with Crippen LogP contribution in [0.2, 0.25) is 0 Å². The van der Waals surface area contributed by atoms with Gasteiger partial charge in [0.2, 0.25) is 5.91 Å². The predicted molar refractivity (Wildman–Crippen MR) is 89.6 cm³/mol. The number of ketones is 1. The molecule has 0 unspecified atom stereocenters. The molecule has 0 bridgehead atoms. The van der Waals surface area contributed by atoms with E-state index >= 15 is 0 Å². The van der Waals surface area contributed by atoms with Crippen molar-refractivity contribution in [2.45, 2.75) is 38.5 Å². The highest BCUT2D eigenvalue weighted by Crippen LogP contribution is 2.25. The van der Waals surface area contributed by atoms with Crippen molar-refractivity contribution in [3.63, 3.8) is 0 Å². The molecule has 7 heteroatoms. The highest BCUT2D eigenvalue weighted by atomic mass is 19.1. The number of nitrogens with zero attached hydrogens (tertiary/aromatic N) is 3. The minimum absolute atomic E-state index is 0.0348. The van der Waals surface area contributed by atoms with Crippen LogP contribution in [0.4, 0.5) is 4.39 Å². The van der Waals surface area contributed by atoms with Gasteiger partial charge >= 0.3 is 0 Å². The Kier molecular flexibility index (Phi) is 5.21. The Balaban J connectivity index is 1.54. The Labute approximate surface area is 145 Å². The van der Waals surface area contributed by atoms with Gasteiger partial charge in [-0.15, -0.1) is 0 Å². The summed E-state index contributed by atoms with van der Waals surface area (Å²) in [4.78, 5) is 30.7. The molecule has 1 fully saturated rings. The Hall–Kier alpha value is -2.57. The molecule has 6 nitrogen and oxygen atoms in total. The Morgan fingerprint density at radius 3 is 2.72 bits per heavy atom. The highest BCUT2D eigenvalue weighted by Gasteiger charge is 2.27. The van der Waals surface area contributed by atoms with Crippen molar-refractivity contribution in [3.05, 3.63) is 47.3 Å². The van der Waals surface area contributed by atoms with Gasteiger partial charge in [-0.05, 0) is 44.0 Å². The summed E-state index contributed by atoms with van der Waals surface area (Å²) in [5.74, 6) is 1.09. The standard InChI is InChI=1S/C18H21FN4O2/c1-12-20-18(22-21-12)14-3-2-10-23(11-14)17(25)9-8-16(24)13-4-6-15(19)7-5-13/h4-7,14H,2-3,8-11H2,1H3,(H,20,21,22)/t14-/m0/s1. The van der Waals surface area contributed by atoms with Crippen LogP contribution in [0.1, 0.15) is 53.6 Å². The van der Waals surface area contributed by atoms with Crippen molar-refractivity contribution in [3.8, 4) is 0 Å². The number of benzene rings is 1. The quantitative estimate of drug-likeness (QED) is 0.846. The first-order valence-electron chi connectivity index (χ1n) is 8.48. The smallest absolute Gasteiger partial charge is 0.223 e. The molecular weight excluding hydrogens is 323 g/mol. The summed E-state index contributed by atoms with van der Waals surface area (Å²) in [5, 5.41) is 7.03. The molecular formula is C18H21FN4O2. The van der Waals surface area contributed by atoms with Gasteiger partial charge in [-0.2, -0.15) is 5.10 Å². The number of aryl methyl sites for hydroxylation is 1. The minimum atomic E-state index is -0.380. The number of aromatic amines is 1. The van der Waals surface area contributed by atoms with Gasteiger partial charge in [-0.25, -0.2) is 9.37 Å². The summed E-state index contributed by atoms with van der Waals surface area (Å²) >= 11 is 0. The topological polar surface area (TPSA) is 79.0 Å². The maximum Gasteiger partial charge on any atom is 0.223 e. The normalized spacial score (nSPS) is 17.5. The van der Waals surface area contributed by atoms with Crippen molar-refractivity contribution >= 4 is 11.7 Å². The molecule has 1 N–H and O–H groups in total. The molecule has 0 aliphatic carbocycles. The summed E-state index contributed by atoms with van der Waals surface area (Å²) in [5.41, 5.74) is 0.432. The van der Waals surface area contributed by atoms with E-state index in [0.717, 1.165) is 24.5 Å². The van der Waals surface area contributed by atoms with Gasteiger partial charge in [0.25, 0.3) is 0 Å². The minimum Gasteiger partial charge on any atom is -0.342 e. The third kappa shape index (κ3) is 4.29. The lowest BCUT2D eigenvalue weighted by Gasteiger charge is -2.31. The Bertz CT molecular complexity index is 757. The monoisotopic (exact) mass is 344 g/mol. The maximum absolute atomic E-state index is 12.9. The first-order valence-corrected chi connectivity index (χ1v) is 8.48. The fourth-order valence-corrected chi connectivity index (χ4v) is 3.12. The maximum atomic E-state index is 12.9. The van der Waals surface area contributed by atoms with E-state index in [4.69, 9.17) is 0 Å². The fourth-order valence-electron chi connectivity index (χ4n) is 3.12. The number of carbonyl (C=O) groups excluding carboxylic acids is 2. The number of aromatic nitrogens is 3. The third-order valence-corrected chi connectivity index (χ3v) is 4.49. The van der Waals surface area contributed by atoms with Gasteiger partial charge in [-0.3, -0.25) is 14.7 Å². The molecule has 0 spiro atoms. The molecule has 1 saturated heterocycles. The van der Waals surface area contributed by atoms with E-state index in [1.807, 2.05) is 6.92 Å². The SMILES string of the molecule is Cc1nc([C@H]2CCCN(C(=O)CCC(=O)c3ccc(F)cc3)C2)n[nH]1. The zero-order valence-corrected chi connectivity index (χ0v) is 14.2. The molecule has 2 heterocycles. The first-order chi connectivity index (χ1) is 12.0. The molecule has 25 heavy (non-hydrogen) atoms. The van der Waals surface area contributed by atoms with E-state index in [2.05, 4.69) is 15.2 Å². The van der Waals surface area contributed by atoms with E-state index in [-0.39, 0.29) is 36.3 Å². The summed E-state index contributed by atoms with van der Waals surface area (Å²) in [6.45, 7) is 3.13. The molecule has 1 aromatic carbocycles. The van der Waals surface area contributed by atoms with Crippen LogP contribution in [0, 0.1) is 12.7 Å². The molecule has 132 valence electrons. The second-order valence-corrected chi connectivity index (χ2v) is 6.39. The van der Waals surface area contributed by atoms with Crippen LogP contribution >= 0.6 is 0 Å². The number of nitrogens with one attached hydrogen (secondary N) is 1. The van der Waals surface area contributed by atoms with E-state index in [1.54, 1.807) is 4.90 Å². The van der Waals surface area contributed by atoms with Crippen molar-refractivity contribution in [1.29, 1.82) is 0 Å². The number of amides is 1. The Morgan fingerprint density at radius 1 is 1.28 bits per heavy atom. The summed E-state index contributed by atoms with van der Waals surface area (Å²) < 4.78 is 12.9. The van der Waals surface area contributed by atoms with Gasteiger partial charge in [0.15, 0.2) is 11.6 Å². The van der Waals surface area contributed by atoms with Crippen LogP contribution in [0.15, 0.2) is 24.3 Å². The highest BCUT2D eigenvalue weighted by molar-refractivity contribution is 5.97. The van der Waals surface area contributed by atoms with E-state index in [1.165, 1.54) is 24.3 Å². The largest absolute Gasteiger partial charge is 0.342 e. The lowest BCUT2D eigenvalue weighted by atomic mass is 9.96. The number of halogens is 1. The number of hydrogen-bond acceptors (Lipinski definition) is 4. The van der Waals surface area contributed by atoms with E-state index < -0.39 is 0 Å². The van der Waals surface area contributed by atoms with Gasteiger partial charge in [0.05, 0.1) is 0 Å². The van der Waals surface area contributed by atoms with Crippen molar-refractivity contribution in [1.82, 2.24) is 20.1 Å². The van der Waals surface area contributed by atoms with Crippen LogP contribution in [-0.2, 0) is 4.79 Å². The van der Waals surface area contributed by atoms with Crippen LogP contribution in [0.25, 0.3) is 0 Å². The average molecular weight is 344 g/mol. The number of H-pyrrole nitrogens is 1. The number of hydrogen-bond donors (Lipinski definition) is 1. The lowest BCUT2D eigenvalue weighted by Crippen LogP contribution is -2.39. The Morgan fingerprint density at radius 2 is 2.04 bits per heavy atom. The summed E-state index contributed by atoms with van der Waals surface area (Å²) in [6, 6.07) is 5.40. The van der Waals surface area contributed by atoms with Crippen molar-refractivity contribution in [2.24, 2.45) is 0 Å². The molecule has 1 amide bonds. The van der Waals surface area contributed by atoms with E-state index in [0.29, 0.717) is 18.7 Å². The van der Waals surface area contributed by atoms with Crippen LogP contribution in [0.5, 0.6) is 0 Å². The predicted octanol–water partition coefficient (Wildman–Crippen LogP) is 2.62. The fraction of sp³-hybridized carbons (Fsp3) is 0.444. The van der Waals surface area contributed by atoms with Crippen molar-refractivity contribution < 1.29 is 14.0 Å². The zero-order valence-electron chi connectivity index (χ0n) is 14.2. The van der Waals surface area contributed by atoms with Crippen LogP contribution in [-0.4, -0.2) is 44.9 Å². The van der Waals surface area contributed by atoms with Gasteiger partial charge < -0.3 is 4.90 Å². The molecule has 0 saturated carbocycles. The van der Waals surface area contributed by atoms with Crippen molar-refractivity contribution in [2.75, 3.05) is 13.1 Å². The lowest BCUT2D eigenvalue weighted by molar-refractivity contribution is -0.132. The summed E-state index contributed by atoms with van der Waals surface area (Å²) in [6.07, 6.45) is 2.15. The number of carbonyl (C=O) groups is 2. The number of Topliss-reactive ketones (excluding diaryl/α,β-unsaturated/α-hetero) is 1. The molecule has 1 atom stereocenters. The molecule has 1 aromatic heterocycles. The zero-order chi connectivity index (χ0) is 17.8. The van der Waals surface area contributed by atoms with Gasteiger partial charge in [0, 0.05) is 37.4 Å². The first kappa shape index (κ1) is 17.3. The second-order valence-electron chi connectivity index (χ2n) is 6.39. The van der Waals surface area contributed by atoms with Crippen LogP contribution in [0.3, 0.4) is 0 Å². The average Bonchev–Trinajstić information content (AvgIpc) is 3.06. The van der Waals surface area contributed by atoms with Crippen LogP contribution < -0.4 is 0 Å². The molecule has 3 rings (SSSR count). The number of likely N-dealkylation sites (tertiary alicyclic amines) is 1. The van der Waals surface area contributed by atoms with Gasteiger partial charge in [-0.1, -0.05) is 0 Å². The molecule has 1 aliphatic rings. The summed E-state index contributed by atoms with van der Waals surface area (Å²) in [7, 11) is 0. The molecule has 2 aromatic rings. The number of rotatable bonds is 5. The number of piperidine rings is 1. The van der Waals surface area contributed by atoms with Gasteiger partial charge in [0.1, 0.15) is 11.6 Å².